The third-order valence-corrected chi connectivity index (χ3v) is 7.93. The second kappa shape index (κ2) is 12.2. The molecule has 0 radical (unpaired) electrons. The summed E-state index contributed by atoms with van der Waals surface area (Å²) in [5.41, 5.74) is 2.30. The highest BCUT2D eigenvalue weighted by Gasteiger charge is 2.36. The number of halogens is 4. The fourth-order valence-electron chi connectivity index (χ4n) is 4.82. The molecule has 0 spiro atoms. The molecule has 2 aliphatic heterocycles. The number of hydrogen-bond donors (Lipinski definition) is 0. The quantitative estimate of drug-likeness (QED) is 0.449. The molecule has 0 aromatic heterocycles. The van der Waals surface area contributed by atoms with Gasteiger partial charge < -0.3 is 9.80 Å². The van der Waals surface area contributed by atoms with Crippen LogP contribution in [0.15, 0.2) is 48.5 Å². The summed E-state index contributed by atoms with van der Waals surface area (Å²) in [6.45, 7) is 6.49. The fraction of sp³-hybridized carbons (Fsp3) is 0.480. The van der Waals surface area contributed by atoms with E-state index >= 15 is 0 Å². The highest BCUT2D eigenvalue weighted by Crippen LogP contribution is 2.23. The largest absolute Gasteiger partial charge is 0.369 e. The Kier molecular flexibility index (Phi) is 9.25. The molecule has 4 rings (SSSR count). The molecule has 9 heteroatoms. The molecule has 0 saturated carbocycles. The van der Waals surface area contributed by atoms with Crippen LogP contribution in [0.3, 0.4) is 0 Å². The molecule has 2 aliphatic rings. The van der Waals surface area contributed by atoms with Crippen molar-refractivity contribution < 1.29 is 4.79 Å². The molecule has 0 bridgehead atoms. The number of carbonyl (C=O) groups is 1. The lowest BCUT2D eigenvalue weighted by atomic mass is 10.0. The highest BCUT2D eigenvalue weighted by molar-refractivity contribution is 6.30. The first-order valence-corrected chi connectivity index (χ1v) is 13.5. The lowest BCUT2D eigenvalue weighted by Crippen LogP contribution is -2.60. The Morgan fingerprint density at radius 2 is 0.941 bits per heavy atom. The van der Waals surface area contributed by atoms with E-state index in [1.165, 1.54) is 0 Å². The summed E-state index contributed by atoms with van der Waals surface area (Å²) in [6, 6.07) is 15.1. The van der Waals surface area contributed by atoms with Gasteiger partial charge in [-0.2, -0.15) is 0 Å². The van der Waals surface area contributed by atoms with Gasteiger partial charge in [0, 0.05) is 85.5 Å². The van der Waals surface area contributed by atoms with Crippen LogP contribution >= 0.6 is 46.4 Å². The molecule has 0 amide bonds. The molecule has 2 atom stereocenters. The first-order chi connectivity index (χ1) is 16.5. The molecule has 5 nitrogen and oxygen atoms in total. The molecule has 2 aromatic carbocycles. The average Bonchev–Trinajstić information content (AvgIpc) is 2.87. The molecule has 2 saturated heterocycles. The molecule has 0 N–H and O–H groups in total. The van der Waals surface area contributed by atoms with Gasteiger partial charge in [-0.1, -0.05) is 23.2 Å². The van der Waals surface area contributed by atoms with E-state index in [1.807, 2.05) is 48.5 Å². The van der Waals surface area contributed by atoms with Crippen molar-refractivity contribution in [2.45, 2.75) is 12.1 Å². The summed E-state index contributed by atoms with van der Waals surface area (Å²) in [5.74, 6) is 0.681. The normalized spacial score (nSPS) is 19.8. The highest BCUT2D eigenvalue weighted by atomic mass is 35.5. The number of nitrogens with zero attached hydrogens (tertiary/aromatic N) is 4. The number of anilines is 2. The molecular formula is C25H30Cl4N4O. The topological polar surface area (TPSA) is 30.0 Å². The zero-order chi connectivity index (χ0) is 24.1. The fourth-order valence-corrected chi connectivity index (χ4v) is 5.76. The Labute approximate surface area is 222 Å². The van der Waals surface area contributed by atoms with Crippen LogP contribution < -0.4 is 9.80 Å². The minimum atomic E-state index is -0.327. The van der Waals surface area contributed by atoms with E-state index in [1.54, 1.807) is 0 Å². The van der Waals surface area contributed by atoms with Gasteiger partial charge in [0.2, 0.25) is 0 Å². The van der Waals surface area contributed by atoms with E-state index < -0.39 is 0 Å². The maximum Gasteiger partial charge on any atom is 0.169 e. The summed E-state index contributed by atoms with van der Waals surface area (Å²) in [4.78, 5) is 22.6. The predicted octanol–water partition coefficient (Wildman–Crippen LogP) is 4.72. The number of piperazine rings is 2. The number of alkyl halides is 2. The Morgan fingerprint density at radius 3 is 1.24 bits per heavy atom. The lowest BCUT2D eigenvalue weighted by Gasteiger charge is -2.43. The minimum absolute atomic E-state index is 0.130. The van der Waals surface area contributed by atoms with E-state index in [4.69, 9.17) is 46.4 Å². The standard InChI is InChI=1S/C25H30Cl4N4O/c26-17-23(32-13-9-30(10-14-32)21-5-1-19(28)2-6-21)25(34)24(18-27)33-15-11-31(12-16-33)22-7-3-20(29)4-8-22/h1-8,23-24H,9-18H2. The van der Waals surface area contributed by atoms with Crippen molar-refractivity contribution >= 4 is 63.6 Å². The van der Waals surface area contributed by atoms with Crippen molar-refractivity contribution in [2.75, 3.05) is 73.9 Å². The molecule has 2 unspecified atom stereocenters. The maximum absolute atomic E-state index is 13.6. The SMILES string of the molecule is O=C(C(CCl)N1CCN(c2ccc(Cl)cc2)CC1)C(CCl)N1CCN(c2ccc(Cl)cc2)CC1. The molecule has 2 heterocycles. The second-order valence-electron chi connectivity index (χ2n) is 8.74. The van der Waals surface area contributed by atoms with E-state index in [9.17, 15) is 4.79 Å². The minimum Gasteiger partial charge on any atom is -0.369 e. The number of hydrogen-bond acceptors (Lipinski definition) is 5. The van der Waals surface area contributed by atoms with Crippen LogP contribution in [-0.2, 0) is 4.79 Å². The van der Waals surface area contributed by atoms with Gasteiger partial charge >= 0.3 is 0 Å². The summed E-state index contributed by atoms with van der Waals surface area (Å²) in [5, 5.41) is 1.47. The second-order valence-corrected chi connectivity index (χ2v) is 10.2. The van der Waals surface area contributed by atoms with Crippen LogP contribution in [0, 0.1) is 0 Å². The van der Waals surface area contributed by atoms with Crippen molar-refractivity contribution in [1.82, 2.24) is 9.80 Å². The van der Waals surface area contributed by atoms with Crippen LogP contribution in [-0.4, -0.2) is 91.8 Å². The van der Waals surface area contributed by atoms with Crippen LogP contribution in [0.4, 0.5) is 11.4 Å². The van der Waals surface area contributed by atoms with E-state index in [2.05, 4.69) is 19.6 Å². The van der Waals surface area contributed by atoms with Crippen LogP contribution in [0.25, 0.3) is 0 Å². The van der Waals surface area contributed by atoms with Crippen molar-refractivity contribution in [3.8, 4) is 0 Å². The van der Waals surface area contributed by atoms with Gasteiger partial charge in [-0.3, -0.25) is 14.6 Å². The van der Waals surface area contributed by atoms with Crippen molar-refractivity contribution in [3.63, 3.8) is 0 Å². The first-order valence-electron chi connectivity index (χ1n) is 11.6. The van der Waals surface area contributed by atoms with Crippen LogP contribution in [0.1, 0.15) is 0 Å². The van der Waals surface area contributed by atoms with Crippen LogP contribution in [0.2, 0.25) is 10.0 Å². The number of ketones is 1. The van der Waals surface area contributed by atoms with Gasteiger partial charge in [0.15, 0.2) is 5.78 Å². The lowest BCUT2D eigenvalue weighted by molar-refractivity contribution is -0.128. The zero-order valence-electron chi connectivity index (χ0n) is 19.1. The Morgan fingerprint density at radius 1 is 0.618 bits per heavy atom. The van der Waals surface area contributed by atoms with Crippen molar-refractivity contribution in [3.05, 3.63) is 58.6 Å². The van der Waals surface area contributed by atoms with E-state index in [-0.39, 0.29) is 29.6 Å². The Hall–Kier alpha value is -1.21. The van der Waals surface area contributed by atoms with Gasteiger partial charge in [-0.25, -0.2) is 0 Å². The third-order valence-electron chi connectivity index (χ3n) is 6.84. The van der Waals surface area contributed by atoms with E-state index in [0.717, 1.165) is 73.8 Å². The monoisotopic (exact) mass is 542 g/mol. The van der Waals surface area contributed by atoms with Gasteiger partial charge in [-0.15, -0.1) is 23.2 Å². The molecule has 0 aliphatic carbocycles. The number of Topliss-reactive ketones (excluding diaryl/α,β-unsaturated/α-hetero) is 1. The summed E-state index contributed by atoms with van der Waals surface area (Å²) in [7, 11) is 0. The number of rotatable bonds is 8. The third kappa shape index (κ3) is 6.13. The summed E-state index contributed by atoms with van der Waals surface area (Å²) >= 11 is 24.7. The number of benzene rings is 2. The van der Waals surface area contributed by atoms with Gasteiger partial charge in [0.25, 0.3) is 0 Å². The van der Waals surface area contributed by atoms with Gasteiger partial charge in [-0.05, 0) is 48.5 Å². The first kappa shape index (κ1) is 25.9. The molecule has 2 aromatic rings. The van der Waals surface area contributed by atoms with Crippen molar-refractivity contribution in [2.24, 2.45) is 0 Å². The average molecular weight is 544 g/mol. The molecule has 2 fully saturated rings. The van der Waals surface area contributed by atoms with Gasteiger partial charge in [0.05, 0.1) is 12.1 Å². The zero-order valence-corrected chi connectivity index (χ0v) is 22.1. The molecule has 184 valence electrons. The molecular weight excluding hydrogens is 514 g/mol. The Balaban J connectivity index is 1.33. The summed E-state index contributed by atoms with van der Waals surface area (Å²) < 4.78 is 0. The number of carbonyl (C=O) groups excluding carboxylic acids is 1. The van der Waals surface area contributed by atoms with Gasteiger partial charge in [0.1, 0.15) is 0 Å². The summed E-state index contributed by atoms with van der Waals surface area (Å²) in [6.07, 6.45) is 0. The smallest absolute Gasteiger partial charge is 0.169 e. The maximum atomic E-state index is 13.6. The van der Waals surface area contributed by atoms with Crippen LogP contribution in [0.5, 0.6) is 0 Å². The van der Waals surface area contributed by atoms with Crippen molar-refractivity contribution in [1.29, 1.82) is 0 Å². The Bertz CT molecular complexity index is 851. The molecule has 34 heavy (non-hydrogen) atoms. The predicted molar refractivity (Wildman–Crippen MR) is 144 cm³/mol. The van der Waals surface area contributed by atoms with E-state index in [0.29, 0.717) is 0 Å².